The van der Waals surface area contributed by atoms with Crippen LogP contribution in [0.25, 0.3) is 10.9 Å². The molecule has 4 heteroatoms. The lowest BCUT2D eigenvalue weighted by Crippen LogP contribution is -2.53. The van der Waals surface area contributed by atoms with Gasteiger partial charge in [-0.25, -0.2) is 0 Å². The second kappa shape index (κ2) is 5.93. The van der Waals surface area contributed by atoms with Crippen molar-refractivity contribution in [2.75, 3.05) is 0 Å². The van der Waals surface area contributed by atoms with Crippen LogP contribution in [0.1, 0.15) is 44.0 Å². The van der Waals surface area contributed by atoms with Crippen molar-refractivity contribution in [3.05, 3.63) is 48.2 Å². The van der Waals surface area contributed by atoms with Crippen LogP contribution < -0.4 is 5.32 Å². The maximum Gasteiger partial charge on any atom is 0.292 e. The van der Waals surface area contributed by atoms with Crippen LogP contribution in [0, 0.1) is 11.3 Å². The number of fused-ring (bicyclic) bond motifs is 1. The van der Waals surface area contributed by atoms with Gasteiger partial charge in [0.15, 0.2) is 0 Å². The summed E-state index contributed by atoms with van der Waals surface area (Å²) < 4.78 is 0. The number of aromatic nitrogens is 1. The molecule has 1 amide bonds. The molecule has 4 nitrogen and oxygen atoms in total. The lowest BCUT2D eigenvalue weighted by atomic mass is 9.66. The molecule has 1 aromatic heterocycles. The number of Topliss-reactive ketones (excluding diaryl/α,β-unsaturated/α-hetero) is 1. The number of benzene rings is 1. The van der Waals surface area contributed by atoms with Crippen LogP contribution in [0.15, 0.2) is 42.6 Å². The van der Waals surface area contributed by atoms with Gasteiger partial charge in [0.05, 0.1) is 5.56 Å². The zero-order valence-electron chi connectivity index (χ0n) is 14.5. The molecule has 0 spiro atoms. The number of H-pyrrole nitrogens is 1. The largest absolute Gasteiger partial charge is 0.360 e. The summed E-state index contributed by atoms with van der Waals surface area (Å²) in [6, 6.07) is 7.41. The number of aromatic amines is 1. The predicted molar refractivity (Wildman–Crippen MR) is 95.9 cm³/mol. The smallest absolute Gasteiger partial charge is 0.292 e. The van der Waals surface area contributed by atoms with Crippen molar-refractivity contribution in [3.63, 3.8) is 0 Å². The Hall–Kier alpha value is -2.36. The average Bonchev–Trinajstić information content (AvgIpc) is 2.98. The highest BCUT2D eigenvalue weighted by molar-refractivity contribution is 6.45. The quantitative estimate of drug-likeness (QED) is 0.512. The summed E-state index contributed by atoms with van der Waals surface area (Å²) in [6.07, 6.45) is 3.56. The first kappa shape index (κ1) is 16.5. The third kappa shape index (κ3) is 2.66. The van der Waals surface area contributed by atoms with Gasteiger partial charge in [-0.15, -0.1) is 0 Å². The normalized spacial score (nSPS) is 23.2. The van der Waals surface area contributed by atoms with E-state index in [-0.39, 0.29) is 11.5 Å². The first-order valence-corrected chi connectivity index (χ1v) is 8.42. The van der Waals surface area contributed by atoms with Gasteiger partial charge < -0.3 is 10.3 Å². The van der Waals surface area contributed by atoms with E-state index >= 15 is 0 Å². The monoisotopic (exact) mass is 324 g/mol. The highest BCUT2D eigenvalue weighted by atomic mass is 16.2. The Kier molecular flexibility index (Phi) is 4.08. The van der Waals surface area contributed by atoms with Crippen LogP contribution in [0.2, 0.25) is 0 Å². The van der Waals surface area contributed by atoms with E-state index in [4.69, 9.17) is 0 Å². The van der Waals surface area contributed by atoms with Gasteiger partial charge in [-0.3, -0.25) is 9.59 Å². The van der Waals surface area contributed by atoms with Crippen LogP contribution in [-0.4, -0.2) is 22.7 Å². The molecule has 0 bridgehead atoms. The lowest BCUT2D eigenvalue weighted by molar-refractivity contribution is -0.119. The summed E-state index contributed by atoms with van der Waals surface area (Å²) in [7, 11) is 0. The lowest BCUT2D eigenvalue weighted by Gasteiger charge is -2.44. The van der Waals surface area contributed by atoms with E-state index in [0.717, 1.165) is 29.3 Å². The Bertz CT molecular complexity index is 816. The van der Waals surface area contributed by atoms with E-state index in [1.54, 1.807) is 6.20 Å². The van der Waals surface area contributed by atoms with Crippen molar-refractivity contribution in [1.82, 2.24) is 10.3 Å². The predicted octanol–water partition coefficient (Wildman–Crippen LogP) is 3.85. The summed E-state index contributed by atoms with van der Waals surface area (Å²) in [5, 5.41) is 3.75. The number of para-hydroxylation sites is 1. The first-order chi connectivity index (χ1) is 11.3. The van der Waals surface area contributed by atoms with Crippen LogP contribution >= 0.6 is 0 Å². The summed E-state index contributed by atoms with van der Waals surface area (Å²) in [5.74, 6) is -0.726. The summed E-state index contributed by atoms with van der Waals surface area (Å²) >= 11 is 0. The van der Waals surface area contributed by atoms with E-state index in [0.29, 0.717) is 11.5 Å². The molecule has 24 heavy (non-hydrogen) atoms. The average molecular weight is 324 g/mol. The minimum Gasteiger partial charge on any atom is -0.360 e. The Labute approximate surface area is 142 Å². The number of nitrogens with one attached hydrogen (secondary N) is 2. The number of rotatable bonds is 3. The van der Waals surface area contributed by atoms with Gasteiger partial charge in [-0.1, -0.05) is 51.1 Å². The fourth-order valence-electron chi connectivity index (χ4n) is 3.73. The minimum atomic E-state index is -0.542. The van der Waals surface area contributed by atoms with Gasteiger partial charge in [0.1, 0.15) is 0 Å². The van der Waals surface area contributed by atoms with Gasteiger partial charge >= 0.3 is 0 Å². The van der Waals surface area contributed by atoms with E-state index in [1.807, 2.05) is 24.3 Å². The van der Waals surface area contributed by atoms with Crippen LogP contribution in [0.5, 0.6) is 0 Å². The van der Waals surface area contributed by atoms with Gasteiger partial charge in [-0.2, -0.15) is 0 Å². The molecule has 126 valence electrons. The molecule has 0 radical (unpaired) electrons. The molecule has 1 heterocycles. The Morgan fingerprint density at radius 3 is 2.75 bits per heavy atom. The first-order valence-electron chi connectivity index (χ1n) is 8.42. The van der Waals surface area contributed by atoms with Gasteiger partial charge in [0, 0.05) is 28.6 Å². The van der Waals surface area contributed by atoms with Crippen molar-refractivity contribution < 1.29 is 9.59 Å². The standard InChI is InChI=1S/C20H24N2O2/c1-12-9-10-13(2)20(3,4)18(12)22-19(24)17(23)15-11-21-16-8-6-5-7-14(15)16/h5-8,11-12,18,21H,2,9-10H2,1,3-4H3,(H,22,24). The molecule has 3 rings (SSSR count). The van der Waals surface area contributed by atoms with Crippen LogP contribution in [0.4, 0.5) is 0 Å². The Morgan fingerprint density at radius 2 is 2.00 bits per heavy atom. The molecule has 2 atom stereocenters. The van der Waals surface area contributed by atoms with E-state index in [2.05, 4.69) is 37.7 Å². The van der Waals surface area contributed by atoms with Crippen LogP contribution in [-0.2, 0) is 4.79 Å². The van der Waals surface area contributed by atoms with Crippen molar-refractivity contribution in [2.24, 2.45) is 11.3 Å². The highest BCUT2D eigenvalue weighted by Crippen LogP contribution is 2.42. The van der Waals surface area contributed by atoms with Crippen molar-refractivity contribution >= 4 is 22.6 Å². The SMILES string of the molecule is C=C1CCC(C)C(NC(=O)C(=O)c2c[nH]c3ccccc23)C1(C)C. The zero-order chi connectivity index (χ0) is 17.5. The maximum absolute atomic E-state index is 12.6. The number of amides is 1. The molecule has 2 unspecified atom stereocenters. The maximum atomic E-state index is 12.6. The fraction of sp³-hybridized carbons (Fsp3) is 0.400. The molecule has 1 aliphatic rings. The summed E-state index contributed by atoms with van der Waals surface area (Å²) in [4.78, 5) is 28.3. The zero-order valence-corrected chi connectivity index (χ0v) is 14.5. The Balaban J connectivity index is 1.84. The summed E-state index contributed by atoms with van der Waals surface area (Å²) in [6.45, 7) is 10.5. The topological polar surface area (TPSA) is 62.0 Å². The number of carbonyl (C=O) groups excluding carboxylic acids is 2. The van der Waals surface area contributed by atoms with E-state index in [9.17, 15) is 9.59 Å². The summed E-state index contributed by atoms with van der Waals surface area (Å²) in [5.41, 5.74) is 2.19. The Morgan fingerprint density at radius 1 is 1.29 bits per heavy atom. The van der Waals surface area contributed by atoms with Crippen molar-refractivity contribution in [3.8, 4) is 0 Å². The second-order valence-electron chi connectivity index (χ2n) is 7.37. The van der Waals surface area contributed by atoms with E-state index < -0.39 is 11.7 Å². The number of hydrogen-bond donors (Lipinski definition) is 2. The molecular formula is C20H24N2O2. The highest BCUT2D eigenvalue weighted by Gasteiger charge is 2.41. The molecule has 0 aliphatic heterocycles. The molecular weight excluding hydrogens is 300 g/mol. The molecule has 2 N–H and O–H groups in total. The molecule has 1 aliphatic carbocycles. The molecule has 1 aromatic carbocycles. The molecule has 1 saturated carbocycles. The van der Waals surface area contributed by atoms with E-state index in [1.165, 1.54) is 0 Å². The van der Waals surface area contributed by atoms with Gasteiger partial charge in [0.25, 0.3) is 11.7 Å². The fourth-order valence-corrected chi connectivity index (χ4v) is 3.73. The third-order valence-corrected chi connectivity index (χ3v) is 5.49. The van der Waals surface area contributed by atoms with Crippen LogP contribution in [0.3, 0.4) is 0 Å². The molecule has 1 fully saturated rings. The third-order valence-electron chi connectivity index (χ3n) is 5.49. The number of ketones is 1. The van der Waals surface area contributed by atoms with Crippen molar-refractivity contribution in [2.45, 2.75) is 39.7 Å². The van der Waals surface area contributed by atoms with Crippen molar-refractivity contribution in [1.29, 1.82) is 0 Å². The second-order valence-corrected chi connectivity index (χ2v) is 7.37. The number of hydrogen-bond acceptors (Lipinski definition) is 2. The molecule has 2 aromatic rings. The minimum absolute atomic E-state index is 0.0830. The number of carbonyl (C=O) groups is 2. The molecule has 0 saturated heterocycles. The van der Waals surface area contributed by atoms with Gasteiger partial charge in [-0.05, 0) is 24.8 Å². The van der Waals surface area contributed by atoms with Gasteiger partial charge in [0.2, 0.25) is 0 Å².